The number of fused-ring (bicyclic) bond motifs is 3. The largest absolute Gasteiger partial charge is 0.495 e. The molecule has 3 saturated heterocycles. The predicted molar refractivity (Wildman–Crippen MR) is 457 cm³/mol. The van der Waals surface area contributed by atoms with Crippen molar-refractivity contribution in [2.45, 2.75) is 94.1 Å². The second-order valence-corrected chi connectivity index (χ2v) is 29.3. The van der Waals surface area contributed by atoms with Gasteiger partial charge in [0.1, 0.15) is 55.4 Å². The van der Waals surface area contributed by atoms with Gasteiger partial charge in [-0.3, -0.25) is 24.2 Å². The Morgan fingerprint density at radius 1 is 0.460 bits per heavy atom. The summed E-state index contributed by atoms with van der Waals surface area (Å²) in [4.78, 5) is 69.9. The second-order valence-electron chi connectivity index (χ2n) is 28.8. The molecule has 40 heteroatoms. The average molecular weight is 1840 g/mol. The van der Waals surface area contributed by atoms with E-state index in [9.17, 15) is 81.5 Å². The second kappa shape index (κ2) is 44.7. The average Bonchev–Trinajstić information content (AvgIpc) is 1.64. The van der Waals surface area contributed by atoms with Crippen LogP contribution in [0.25, 0.3) is 32.7 Å². The van der Waals surface area contributed by atoms with E-state index in [2.05, 4.69) is 94.4 Å². The summed E-state index contributed by atoms with van der Waals surface area (Å²) in [5.41, 5.74) is 20.1. The van der Waals surface area contributed by atoms with Gasteiger partial charge in [-0.05, 0) is 153 Å². The number of carboxylic acids is 1. The van der Waals surface area contributed by atoms with Crippen molar-refractivity contribution < 1.29 is 110 Å². The number of halogens is 13. The highest BCUT2D eigenvalue weighted by atomic mass is 79.9. The standard InChI is InChI=1S/C29H31F4N5O4.C28H29F4N5O4.C27H28F4N4O3.C2H4BrNO/c1-41-26-13-18(28(40)42-2)8-9-24(26)35-11-4-5-19-14-20-22(6-3-7-25(20)38(19)17-29(31,32)33)36-23-10-12-37(15-21(23)30)16-27(34)39;1-41-25-12-17(27(39)40)7-8-23(25)34-10-3-4-18-13-19-21(5-2-6-24(19)37(18)16-28(30,31)32)35-22-9-11-36(14-20(22)29)15-26(33)38;1-37-25-13-17(26(36)38-2)8-9-23(25)33-11-4-5-18-14-19-21(34-22-10-12-32-15-20(22)28)6-3-7-24(19)35(18)16-27(29,30)31;3-1-2(4)5/h3,6-9,13-14,21,23,35-36H,10-12,15-17H2,1-2H3,(H2,34,39);2,5-8,12-13,20,22,34-35H,9-11,14-16H2,1H3,(H2,33,38)(H,39,40);3,6-9,13-14,20,22,32-34H,10-12,15-16H2,1-2H3;1H2,(H2,4,5)/t21-,23+;2*20-,22+;/m000./s1. The smallest absolute Gasteiger partial charge is 0.406 e. The number of methoxy groups -OCH3 is 5. The first-order valence-corrected chi connectivity index (χ1v) is 40.0. The van der Waals surface area contributed by atoms with Gasteiger partial charge in [-0.1, -0.05) is 51.9 Å². The van der Waals surface area contributed by atoms with Crippen molar-refractivity contribution in [2.75, 3.05) is 145 Å². The van der Waals surface area contributed by atoms with Crippen LogP contribution in [0.15, 0.2) is 127 Å². The van der Waals surface area contributed by atoms with E-state index in [0.717, 1.165) is 13.7 Å². The number of benzene rings is 6. The van der Waals surface area contributed by atoms with Crippen LogP contribution >= 0.6 is 15.9 Å². The highest BCUT2D eigenvalue weighted by molar-refractivity contribution is 9.09. The number of likely N-dealkylation sites (tertiary alicyclic amines) is 2. The number of carboxylic acid groups (broad SMARTS) is 1. The van der Waals surface area contributed by atoms with Crippen molar-refractivity contribution in [1.29, 1.82) is 0 Å². The number of carbonyl (C=O) groups excluding carboxylic acids is 5. The fraction of sp³-hybridized carbons (Fsp3) is 0.372. The molecule has 126 heavy (non-hydrogen) atoms. The number of primary amides is 3. The first-order chi connectivity index (χ1) is 59.9. The number of aromatic nitrogens is 3. The van der Waals surface area contributed by atoms with Crippen LogP contribution in [-0.4, -0.2) is 232 Å². The lowest BCUT2D eigenvalue weighted by Crippen LogP contribution is -2.49. The van der Waals surface area contributed by atoms with Crippen LogP contribution in [0.4, 0.5) is 86.8 Å². The van der Waals surface area contributed by atoms with Crippen LogP contribution in [0, 0.1) is 35.5 Å². The predicted octanol–water partition coefficient (Wildman–Crippen LogP) is 11.9. The minimum Gasteiger partial charge on any atom is -0.495 e. The molecular weight excluding hydrogens is 1740 g/mol. The molecule has 3 aliphatic heterocycles. The lowest BCUT2D eigenvalue weighted by Gasteiger charge is -2.35. The zero-order chi connectivity index (χ0) is 91.7. The number of amides is 3. The zero-order valence-electron chi connectivity index (χ0n) is 68.6. The Morgan fingerprint density at radius 2 is 0.786 bits per heavy atom. The Balaban J connectivity index is 0.000000208. The third kappa shape index (κ3) is 27.6. The lowest BCUT2D eigenvalue weighted by atomic mass is 10.0. The van der Waals surface area contributed by atoms with Crippen LogP contribution in [-0.2, 0) is 43.5 Å². The molecule has 0 saturated carbocycles. The number of alkyl halides is 13. The minimum atomic E-state index is -4.51. The van der Waals surface area contributed by atoms with Gasteiger partial charge in [0.2, 0.25) is 17.7 Å². The highest BCUT2D eigenvalue weighted by Crippen LogP contribution is 2.37. The van der Waals surface area contributed by atoms with E-state index in [1.165, 1.54) is 71.9 Å². The third-order valence-electron chi connectivity index (χ3n) is 19.9. The first-order valence-electron chi connectivity index (χ1n) is 38.9. The number of carbonyl (C=O) groups is 6. The molecule has 6 heterocycles. The monoisotopic (exact) mass is 1830 g/mol. The van der Waals surface area contributed by atoms with Gasteiger partial charge in [-0.25, -0.2) is 27.6 Å². The molecule has 0 unspecified atom stereocenters. The quantitative estimate of drug-likeness (QED) is 0.0104. The lowest BCUT2D eigenvalue weighted by molar-refractivity contribution is -0.140. The Hall–Kier alpha value is -12.8. The van der Waals surface area contributed by atoms with Gasteiger partial charge in [0, 0.05) is 65.9 Å². The van der Waals surface area contributed by atoms with E-state index >= 15 is 0 Å². The van der Waals surface area contributed by atoms with E-state index in [1.807, 2.05) is 0 Å². The molecule has 0 aliphatic carbocycles. The van der Waals surface area contributed by atoms with Gasteiger partial charge in [-0.15, -0.1) is 0 Å². The molecule has 27 nitrogen and oxygen atoms in total. The summed E-state index contributed by atoms with van der Waals surface area (Å²) in [5.74, 6) is 14.4. The summed E-state index contributed by atoms with van der Waals surface area (Å²) in [6.45, 7) is -1.79. The van der Waals surface area contributed by atoms with Crippen molar-refractivity contribution >= 4 is 118 Å². The van der Waals surface area contributed by atoms with E-state index in [1.54, 1.807) is 101 Å². The van der Waals surface area contributed by atoms with Crippen molar-refractivity contribution in [3.8, 4) is 52.8 Å². The summed E-state index contributed by atoms with van der Waals surface area (Å²) in [6, 6.07) is 31.3. The van der Waals surface area contributed by atoms with E-state index < -0.39 is 105 Å². The van der Waals surface area contributed by atoms with Gasteiger partial charge in [0.05, 0.1) is 159 Å². The Bertz CT molecular complexity index is 5560. The number of ether oxygens (including phenoxy) is 5. The van der Waals surface area contributed by atoms with Crippen molar-refractivity contribution in [2.24, 2.45) is 17.2 Å². The summed E-state index contributed by atoms with van der Waals surface area (Å²) >= 11 is 2.84. The van der Waals surface area contributed by atoms with Crippen LogP contribution in [0.5, 0.6) is 17.2 Å². The van der Waals surface area contributed by atoms with Gasteiger partial charge in [0.25, 0.3) is 0 Å². The summed E-state index contributed by atoms with van der Waals surface area (Å²) in [7, 11) is 6.81. The topological polar surface area (TPSA) is 352 Å². The number of aromatic carboxylic acids is 1. The molecule has 12 rings (SSSR count). The molecule has 3 aromatic heterocycles. The molecule has 3 amide bonds. The summed E-state index contributed by atoms with van der Waals surface area (Å²) < 4.78 is 194. The fourth-order valence-corrected chi connectivity index (χ4v) is 14.1. The fourth-order valence-electron chi connectivity index (χ4n) is 14.1. The molecular formula is C86H92BrF12N15O12. The van der Waals surface area contributed by atoms with Gasteiger partial charge in [-0.2, -0.15) is 39.5 Å². The third-order valence-corrected chi connectivity index (χ3v) is 20.4. The number of nitrogens with one attached hydrogen (secondary N) is 7. The van der Waals surface area contributed by atoms with Gasteiger partial charge >= 0.3 is 36.4 Å². The van der Waals surface area contributed by atoms with Crippen LogP contribution in [0.1, 0.15) is 67.4 Å². The maximum absolute atomic E-state index is 14.9. The number of esters is 2. The van der Waals surface area contributed by atoms with E-state index in [4.69, 9.17) is 40.3 Å². The minimum absolute atomic E-state index is 0.0131. The van der Waals surface area contributed by atoms with E-state index in [-0.39, 0.29) is 97.5 Å². The van der Waals surface area contributed by atoms with Crippen molar-refractivity contribution in [3.05, 3.63) is 161 Å². The number of nitrogens with two attached hydrogens (primary N) is 3. The molecule has 9 aromatic rings. The molecule has 0 radical (unpaired) electrons. The zero-order valence-corrected chi connectivity index (χ0v) is 70.2. The van der Waals surface area contributed by atoms with Crippen LogP contribution < -0.4 is 68.6 Å². The number of anilines is 6. The Morgan fingerprint density at radius 3 is 1.07 bits per heavy atom. The normalized spacial score (nSPS) is 17.0. The Kier molecular flexibility index (Phi) is 34.4. The van der Waals surface area contributed by atoms with Crippen LogP contribution in [0.2, 0.25) is 0 Å². The van der Waals surface area contributed by atoms with E-state index in [0.29, 0.717) is 123 Å². The number of piperidine rings is 3. The number of hydrogen-bond acceptors (Lipinski definition) is 20. The van der Waals surface area contributed by atoms with Gasteiger partial charge in [0.15, 0.2) is 0 Å². The molecule has 14 N–H and O–H groups in total. The summed E-state index contributed by atoms with van der Waals surface area (Å²) in [6.07, 6.45) is -15.9. The number of nitrogens with zero attached hydrogens (tertiary/aromatic N) is 5. The molecule has 6 aromatic carbocycles. The maximum atomic E-state index is 14.9. The molecule has 3 aliphatic rings. The van der Waals surface area contributed by atoms with Gasteiger partial charge < -0.3 is 96.9 Å². The number of hydrogen-bond donors (Lipinski definition) is 11. The van der Waals surface area contributed by atoms with Crippen molar-refractivity contribution in [1.82, 2.24) is 28.8 Å². The molecule has 0 bridgehead atoms. The maximum Gasteiger partial charge on any atom is 0.406 e. The SMILES string of the molecule is COC(=O)c1ccc(NCC#Cc2cc3c(N[C@@H]4CCN(CC(N)=O)C[C@@H]4F)cccc3n2CC(F)(F)F)c(OC)c1.COC(=O)c1ccc(NCC#Cc2cc3c(N[C@@H]4CCNC[C@@H]4F)cccc3n2CC(F)(F)F)c(OC)c1.COc1cc(C(=O)O)ccc1NCC#Cc1cc2c(N[C@@H]3CCN(CC(N)=O)C[C@@H]3F)cccc2n1CC(F)(F)F.NC(=O)CBr. The Labute approximate surface area is 724 Å². The molecule has 3 fully saturated rings. The molecule has 6 atom stereocenters. The molecule has 674 valence electrons. The summed E-state index contributed by atoms with van der Waals surface area (Å²) in [5, 5.41) is 32.4. The first kappa shape index (κ1) is 97.0. The van der Waals surface area contributed by atoms with Crippen LogP contribution in [0.3, 0.4) is 0 Å². The van der Waals surface area contributed by atoms with Crippen molar-refractivity contribution in [3.63, 3.8) is 0 Å². The molecule has 0 spiro atoms. The number of rotatable bonds is 26. The highest BCUT2D eigenvalue weighted by Gasteiger charge is 2.36.